The molecule has 1 aliphatic carbocycles. The van der Waals surface area contributed by atoms with Crippen molar-refractivity contribution in [3.05, 3.63) is 74.8 Å². The van der Waals surface area contributed by atoms with Crippen molar-refractivity contribution in [1.82, 2.24) is 23.6 Å². The number of fused-ring (bicyclic) bond motifs is 4. The Kier molecular flexibility index (Phi) is 6.63. The summed E-state index contributed by atoms with van der Waals surface area (Å²) in [6.45, 7) is 4.86. The van der Waals surface area contributed by atoms with Gasteiger partial charge in [0.2, 0.25) is 10.5 Å². The van der Waals surface area contributed by atoms with Gasteiger partial charge in [0.05, 0.1) is 17.6 Å². The molecule has 0 saturated carbocycles. The van der Waals surface area contributed by atoms with E-state index in [9.17, 15) is 4.79 Å². The standard InChI is InChI=1S/C26H31N5O2S/c1-3-15-28(22-14-13-19-9-4-5-10-20(19)22)18-30-26(34)31-23-12-7-6-11-21(23)24(32)29(25(31)27-30)16-8-17-33-2/h4-7,9-12,22H,3,8,13-18H2,1-2H3. The van der Waals surface area contributed by atoms with Crippen molar-refractivity contribution in [3.63, 3.8) is 0 Å². The Morgan fingerprint density at radius 3 is 2.79 bits per heavy atom. The molecule has 1 unspecified atom stereocenters. The SMILES string of the molecule is CCCN(Cn1nc2n(CCCOC)c(=O)c3ccccc3n2c1=S)C1CCc2ccccc21. The van der Waals surface area contributed by atoms with Crippen molar-refractivity contribution < 1.29 is 4.74 Å². The highest BCUT2D eigenvalue weighted by molar-refractivity contribution is 7.71. The zero-order chi connectivity index (χ0) is 23.7. The maximum atomic E-state index is 13.3. The summed E-state index contributed by atoms with van der Waals surface area (Å²) < 4.78 is 11.4. The van der Waals surface area contributed by atoms with Gasteiger partial charge in [-0.2, -0.15) is 0 Å². The molecule has 0 saturated heterocycles. The number of methoxy groups -OCH3 is 1. The average Bonchev–Trinajstić information content (AvgIpc) is 3.42. The number of benzene rings is 2. The topological polar surface area (TPSA) is 56.7 Å². The Bertz CT molecular complexity index is 1440. The first-order chi connectivity index (χ1) is 16.6. The van der Waals surface area contributed by atoms with Gasteiger partial charge in [0.1, 0.15) is 0 Å². The molecule has 2 aromatic carbocycles. The van der Waals surface area contributed by atoms with E-state index in [0.717, 1.165) is 37.7 Å². The van der Waals surface area contributed by atoms with Crippen LogP contribution in [0.4, 0.5) is 0 Å². The van der Waals surface area contributed by atoms with E-state index >= 15 is 0 Å². The van der Waals surface area contributed by atoms with Gasteiger partial charge in [0.25, 0.3) is 5.56 Å². The molecule has 0 aliphatic heterocycles. The van der Waals surface area contributed by atoms with Gasteiger partial charge in [-0.05, 0) is 61.2 Å². The van der Waals surface area contributed by atoms with Crippen LogP contribution in [0.5, 0.6) is 0 Å². The van der Waals surface area contributed by atoms with Crippen LogP contribution in [0.1, 0.15) is 43.4 Å². The Balaban J connectivity index is 1.60. The fourth-order valence-corrected chi connectivity index (χ4v) is 5.51. The van der Waals surface area contributed by atoms with Gasteiger partial charge < -0.3 is 4.74 Å². The highest BCUT2D eigenvalue weighted by atomic mass is 32.1. The van der Waals surface area contributed by atoms with Crippen LogP contribution in [0.15, 0.2) is 53.3 Å². The van der Waals surface area contributed by atoms with Crippen LogP contribution in [-0.2, 0) is 24.4 Å². The number of hydrogen-bond donors (Lipinski definition) is 0. The molecule has 0 bridgehead atoms. The van der Waals surface area contributed by atoms with Crippen LogP contribution in [0.3, 0.4) is 0 Å². The molecule has 2 heterocycles. The summed E-state index contributed by atoms with van der Waals surface area (Å²) in [6, 6.07) is 16.7. The molecule has 0 fully saturated rings. The molecule has 0 amide bonds. The summed E-state index contributed by atoms with van der Waals surface area (Å²) in [7, 11) is 1.67. The minimum atomic E-state index is -0.0403. The van der Waals surface area contributed by atoms with Gasteiger partial charge in [0, 0.05) is 32.8 Å². The lowest BCUT2D eigenvalue weighted by atomic mass is 10.1. The highest BCUT2D eigenvalue weighted by Crippen LogP contribution is 2.36. The fourth-order valence-electron chi connectivity index (χ4n) is 5.23. The second-order valence-electron chi connectivity index (χ2n) is 8.94. The third-order valence-corrected chi connectivity index (χ3v) is 7.18. The van der Waals surface area contributed by atoms with Crippen molar-refractivity contribution in [3.8, 4) is 0 Å². The zero-order valence-corrected chi connectivity index (χ0v) is 20.6. The van der Waals surface area contributed by atoms with Crippen LogP contribution >= 0.6 is 12.2 Å². The summed E-state index contributed by atoms with van der Waals surface area (Å²) in [5.74, 6) is 0.591. The smallest absolute Gasteiger partial charge is 0.262 e. The normalized spacial score (nSPS) is 15.6. The van der Waals surface area contributed by atoms with Crippen molar-refractivity contribution in [2.75, 3.05) is 20.3 Å². The number of aryl methyl sites for hydroxylation is 2. The summed E-state index contributed by atoms with van der Waals surface area (Å²) in [5.41, 5.74) is 3.61. The maximum absolute atomic E-state index is 13.3. The zero-order valence-electron chi connectivity index (χ0n) is 19.8. The third kappa shape index (κ3) is 4.00. The largest absolute Gasteiger partial charge is 0.385 e. The van der Waals surface area contributed by atoms with E-state index in [2.05, 4.69) is 36.1 Å². The van der Waals surface area contributed by atoms with Crippen molar-refractivity contribution in [2.45, 2.75) is 51.9 Å². The number of nitrogens with zero attached hydrogens (tertiary/aromatic N) is 5. The van der Waals surface area contributed by atoms with E-state index in [1.165, 1.54) is 11.1 Å². The van der Waals surface area contributed by atoms with Crippen LogP contribution in [-0.4, -0.2) is 43.9 Å². The lowest BCUT2D eigenvalue weighted by Crippen LogP contribution is -2.31. The Hall–Kier alpha value is -2.81. The molecule has 4 aromatic rings. The first-order valence-corrected chi connectivity index (χ1v) is 12.5. The summed E-state index contributed by atoms with van der Waals surface area (Å²) in [5, 5.41) is 5.56. The molecule has 1 atom stereocenters. The van der Waals surface area contributed by atoms with E-state index in [4.69, 9.17) is 22.1 Å². The Morgan fingerprint density at radius 2 is 1.97 bits per heavy atom. The molecular weight excluding hydrogens is 446 g/mol. The lowest BCUT2D eigenvalue weighted by molar-refractivity contribution is 0.142. The summed E-state index contributed by atoms with van der Waals surface area (Å²) in [4.78, 5) is 15.8. The maximum Gasteiger partial charge on any atom is 0.262 e. The van der Waals surface area contributed by atoms with E-state index in [-0.39, 0.29) is 5.56 Å². The molecule has 34 heavy (non-hydrogen) atoms. The number of para-hydroxylation sites is 1. The van der Waals surface area contributed by atoms with Crippen molar-refractivity contribution >= 4 is 28.9 Å². The molecule has 0 N–H and O–H groups in total. The number of aromatic nitrogens is 4. The van der Waals surface area contributed by atoms with Gasteiger partial charge in [0.15, 0.2) is 0 Å². The molecule has 1 aliphatic rings. The first-order valence-electron chi connectivity index (χ1n) is 12.1. The fraction of sp³-hybridized carbons (Fsp3) is 0.423. The molecule has 5 rings (SSSR count). The summed E-state index contributed by atoms with van der Waals surface area (Å²) >= 11 is 5.94. The Labute approximate surface area is 204 Å². The van der Waals surface area contributed by atoms with E-state index in [1.807, 2.05) is 33.3 Å². The quantitative estimate of drug-likeness (QED) is 0.261. The number of hydrogen-bond acceptors (Lipinski definition) is 5. The van der Waals surface area contributed by atoms with Crippen LogP contribution in [0.25, 0.3) is 16.7 Å². The van der Waals surface area contributed by atoms with E-state index in [0.29, 0.717) is 41.8 Å². The van der Waals surface area contributed by atoms with Crippen molar-refractivity contribution in [2.24, 2.45) is 0 Å². The second-order valence-corrected chi connectivity index (χ2v) is 9.31. The van der Waals surface area contributed by atoms with Crippen LogP contribution < -0.4 is 5.56 Å². The van der Waals surface area contributed by atoms with E-state index in [1.54, 1.807) is 11.7 Å². The third-order valence-electron chi connectivity index (χ3n) is 6.78. The molecule has 178 valence electrons. The first kappa shape index (κ1) is 23.0. The van der Waals surface area contributed by atoms with Gasteiger partial charge in [-0.1, -0.05) is 43.3 Å². The van der Waals surface area contributed by atoms with Gasteiger partial charge >= 0.3 is 0 Å². The highest BCUT2D eigenvalue weighted by Gasteiger charge is 2.28. The van der Waals surface area contributed by atoms with Gasteiger partial charge in [-0.25, -0.2) is 4.68 Å². The van der Waals surface area contributed by atoms with E-state index < -0.39 is 0 Å². The van der Waals surface area contributed by atoms with Gasteiger partial charge in [-0.3, -0.25) is 18.7 Å². The predicted molar refractivity (Wildman–Crippen MR) is 137 cm³/mol. The number of rotatable bonds is 9. The minimum Gasteiger partial charge on any atom is -0.385 e. The lowest BCUT2D eigenvalue weighted by Gasteiger charge is -2.29. The monoisotopic (exact) mass is 477 g/mol. The summed E-state index contributed by atoms with van der Waals surface area (Å²) in [6.07, 6.45) is 3.97. The molecule has 0 radical (unpaired) electrons. The van der Waals surface area contributed by atoms with Crippen LogP contribution in [0.2, 0.25) is 0 Å². The molecule has 8 heteroatoms. The average molecular weight is 478 g/mol. The molecular formula is C26H31N5O2S. The second kappa shape index (κ2) is 9.82. The van der Waals surface area contributed by atoms with Crippen molar-refractivity contribution in [1.29, 1.82) is 0 Å². The van der Waals surface area contributed by atoms with Gasteiger partial charge in [-0.15, -0.1) is 5.10 Å². The predicted octanol–water partition coefficient (Wildman–Crippen LogP) is 4.57. The van der Waals surface area contributed by atoms with Crippen LogP contribution in [0, 0.1) is 4.77 Å². The Morgan fingerprint density at radius 1 is 1.18 bits per heavy atom. The molecule has 0 spiro atoms. The molecule has 7 nitrogen and oxygen atoms in total. The minimum absolute atomic E-state index is 0.0403. The number of ether oxygens (including phenoxy) is 1. The molecule has 2 aromatic heterocycles.